The number of amides is 1. The molecule has 192 valence electrons. The van der Waals surface area contributed by atoms with Crippen molar-refractivity contribution in [1.29, 1.82) is 0 Å². The molecule has 0 radical (unpaired) electrons. The highest BCUT2D eigenvalue weighted by Gasteiger charge is 2.26. The molecule has 1 atom stereocenters. The van der Waals surface area contributed by atoms with E-state index in [4.69, 9.17) is 25.5 Å². The van der Waals surface area contributed by atoms with Crippen LogP contribution < -0.4 is 14.8 Å². The summed E-state index contributed by atoms with van der Waals surface area (Å²) in [6.45, 7) is 2.15. The van der Waals surface area contributed by atoms with Crippen LogP contribution in [0.25, 0.3) is 0 Å². The van der Waals surface area contributed by atoms with Crippen LogP contribution in [-0.2, 0) is 9.84 Å². The second-order valence-electron chi connectivity index (χ2n) is 8.51. The Morgan fingerprint density at radius 2 is 1.69 bits per heavy atom. The SMILES string of the molecule is COc1ccc(C(CNC(=O)c2ccc(S(=O)(=O)c3ccc(Cl)cc3)o2)N2CCCCC2)cc1OC. The predicted octanol–water partition coefficient (Wildman–Crippen LogP) is 4.74. The van der Waals surface area contributed by atoms with Gasteiger partial charge in [0.2, 0.25) is 14.9 Å². The van der Waals surface area contributed by atoms with E-state index in [0.717, 1.165) is 31.5 Å². The Labute approximate surface area is 216 Å². The molecule has 4 rings (SSSR count). The summed E-state index contributed by atoms with van der Waals surface area (Å²) in [4.78, 5) is 15.3. The summed E-state index contributed by atoms with van der Waals surface area (Å²) in [6.07, 6.45) is 3.35. The van der Waals surface area contributed by atoms with E-state index in [1.54, 1.807) is 14.2 Å². The molecule has 1 aliphatic rings. The number of rotatable bonds is 9. The summed E-state index contributed by atoms with van der Waals surface area (Å²) in [6, 6.07) is 14.1. The van der Waals surface area contributed by atoms with Crippen LogP contribution in [0.4, 0.5) is 0 Å². The molecule has 1 aromatic heterocycles. The fourth-order valence-electron chi connectivity index (χ4n) is 4.34. The van der Waals surface area contributed by atoms with Gasteiger partial charge in [0, 0.05) is 11.6 Å². The van der Waals surface area contributed by atoms with Crippen LogP contribution in [0.1, 0.15) is 41.4 Å². The number of furan rings is 1. The lowest BCUT2D eigenvalue weighted by Crippen LogP contribution is -2.40. The molecule has 8 nitrogen and oxygen atoms in total. The van der Waals surface area contributed by atoms with Crippen molar-refractivity contribution in [1.82, 2.24) is 10.2 Å². The maximum Gasteiger partial charge on any atom is 0.287 e. The number of ether oxygens (including phenoxy) is 2. The number of halogens is 1. The molecule has 0 aliphatic carbocycles. The van der Waals surface area contributed by atoms with Gasteiger partial charge >= 0.3 is 0 Å². The van der Waals surface area contributed by atoms with Gasteiger partial charge in [0.05, 0.1) is 25.2 Å². The van der Waals surface area contributed by atoms with Crippen LogP contribution in [0, 0.1) is 0 Å². The first-order valence-electron chi connectivity index (χ1n) is 11.7. The van der Waals surface area contributed by atoms with Crippen LogP contribution in [-0.4, -0.2) is 53.1 Å². The Kier molecular flexibility index (Phi) is 8.23. The van der Waals surface area contributed by atoms with Crippen LogP contribution in [0.2, 0.25) is 5.02 Å². The third-order valence-electron chi connectivity index (χ3n) is 6.27. The van der Waals surface area contributed by atoms with Crippen molar-refractivity contribution in [2.24, 2.45) is 0 Å². The average molecular weight is 533 g/mol. The Morgan fingerprint density at radius 1 is 1.00 bits per heavy atom. The van der Waals surface area contributed by atoms with Gasteiger partial charge in [-0.1, -0.05) is 24.1 Å². The molecule has 0 spiro atoms. The molecule has 0 bridgehead atoms. The number of piperidine rings is 1. The van der Waals surface area contributed by atoms with Crippen molar-refractivity contribution in [3.05, 3.63) is 70.9 Å². The van der Waals surface area contributed by atoms with Crippen molar-refractivity contribution >= 4 is 27.3 Å². The van der Waals surface area contributed by atoms with Crippen LogP contribution >= 0.6 is 11.6 Å². The zero-order valence-corrected chi connectivity index (χ0v) is 21.8. The topological polar surface area (TPSA) is 98.1 Å². The van der Waals surface area contributed by atoms with Gasteiger partial charge in [0.25, 0.3) is 5.91 Å². The minimum Gasteiger partial charge on any atom is -0.493 e. The third kappa shape index (κ3) is 5.69. The number of nitrogens with zero attached hydrogens (tertiary/aromatic N) is 1. The standard InChI is InChI=1S/C26H29ClN2O6S/c1-33-22-11-6-18(16-24(22)34-2)21(29-14-4-3-5-15-29)17-28-26(30)23-12-13-25(35-23)36(31,32)20-9-7-19(27)8-10-20/h6-13,16,21H,3-5,14-15,17H2,1-2H3,(H,28,30). The largest absolute Gasteiger partial charge is 0.493 e. The molecule has 1 unspecified atom stereocenters. The monoisotopic (exact) mass is 532 g/mol. The number of hydrogen-bond donors (Lipinski definition) is 1. The van der Waals surface area contributed by atoms with Gasteiger partial charge in [0.1, 0.15) is 0 Å². The van der Waals surface area contributed by atoms with Crippen molar-refractivity contribution in [2.75, 3.05) is 33.9 Å². The summed E-state index contributed by atoms with van der Waals surface area (Å²) in [7, 11) is -0.736. The molecule has 1 N–H and O–H groups in total. The van der Waals surface area contributed by atoms with Gasteiger partial charge in [-0.05, 0) is 80.0 Å². The molecule has 1 saturated heterocycles. The summed E-state index contributed by atoms with van der Waals surface area (Å²) < 4.78 is 42.0. The van der Waals surface area contributed by atoms with E-state index in [-0.39, 0.29) is 21.8 Å². The number of carbonyl (C=O) groups excluding carboxylic acids is 1. The fourth-order valence-corrected chi connectivity index (χ4v) is 5.64. The second-order valence-corrected chi connectivity index (χ2v) is 10.8. The number of carbonyl (C=O) groups is 1. The van der Waals surface area contributed by atoms with E-state index in [1.807, 2.05) is 18.2 Å². The van der Waals surface area contributed by atoms with E-state index < -0.39 is 15.7 Å². The molecular formula is C26H29ClN2O6S. The van der Waals surface area contributed by atoms with Crippen molar-refractivity contribution in [3.8, 4) is 11.5 Å². The lowest BCUT2D eigenvalue weighted by molar-refractivity contribution is 0.0892. The highest BCUT2D eigenvalue weighted by atomic mass is 35.5. The Bertz CT molecular complexity index is 1300. The first-order valence-corrected chi connectivity index (χ1v) is 13.5. The van der Waals surface area contributed by atoms with Gasteiger partial charge in [-0.2, -0.15) is 0 Å². The van der Waals surface area contributed by atoms with E-state index in [0.29, 0.717) is 23.1 Å². The van der Waals surface area contributed by atoms with Crippen LogP contribution in [0.5, 0.6) is 11.5 Å². The van der Waals surface area contributed by atoms with Crippen molar-refractivity contribution < 1.29 is 27.1 Å². The molecule has 2 aromatic carbocycles. The maximum absolute atomic E-state index is 12.9. The summed E-state index contributed by atoms with van der Waals surface area (Å²) in [5, 5.41) is 3.03. The zero-order chi connectivity index (χ0) is 25.7. The molecule has 0 saturated carbocycles. The summed E-state index contributed by atoms with van der Waals surface area (Å²) in [5.41, 5.74) is 0.986. The Morgan fingerprint density at radius 3 is 2.36 bits per heavy atom. The van der Waals surface area contributed by atoms with Crippen molar-refractivity contribution in [3.63, 3.8) is 0 Å². The molecule has 1 aliphatic heterocycles. The minimum atomic E-state index is -3.91. The number of benzene rings is 2. The zero-order valence-electron chi connectivity index (χ0n) is 20.2. The fraction of sp³-hybridized carbons (Fsp3) is 0.346. The number of hydrogen-bond acceptors (Lipinski definition) is 7. The first kappa shape index (κ1) is 26.1. The quantitative estimate of drug-likeness (QED) is 0.425. The Hall–Kier alpha value is -3.01. The maximum atomic E-state index is 12.9. The second kappa shape index (κ2) is 11.4. The Balaban J connectivity index is 1.52. The molecule has 36 heavy (non-hydrogen) atoms. The van der Waals surface area contributed by atoms with E-state index in [1.165, 1.54) is 42.8 Å². The molecule has 2 heterocycles. The van der Waals surface area contributed by atoms with Crippen molar-refractivity contribution in [2.45, 2.75) is 35.3 Å². The smallest absolute Gasteiger partial charge is 0.287 e. The van der Waals surface area contributed by atoms with Gasteiger partial charge in [-0.15, -0.1) is 0 Å². The van der Waals surface area contributed by atoms with Crippen LogP contribution in [0.15, 0.2) is 69.0 Å². The lowest BCUT2D eigenvalue weighted by Gasteiger charge is -2.35. The summed E-state index contributed by atoms with van der Waals surface area (Å²) >= 11 is 5.86. The van der Waals surface area contributed by atoms with E-state index in [9.17, 15) is 13.2 Å². The number of nitrogens with one attached hydrogen (secondary N) is 1. The first-order chi connectivity index (χ1) is 17.3. The average Bonchev–Trinajstić information content (AvgIpc) is 3.41. The van der Waals surface area contributed by atoms with Gasteiger partial charge in [-0.3, -0.25) is 9.69 Å². The highest BCUT2D eigenvalue weighted by molar-refractivity contribution is 7.91. The molecular weight excluding hydrogens is 504 g/mol. The van der Waals surface area contributed by atoms with Crippen LogP contribution in [0.3, 0.4) is 0 Å². The predicted molar refractivity (Wildman–Crippen MR) is 136 cm³/mol. The van der Waals surface area contributed by atoms with Gasteiger partial charge in [-0.25, -0.2) is 8.42 Å². The number of methoxy groups -OCH3 is 2. The highest BCUT2D eigenvalue weighted by Crippen LogP contribution is 2.33. The number of likely N-dealkylation sites (tertiary alicyclic amines) is 1. The molecule has 3 aromatic rings. The third-order valence-corrected chi connectivity index (χ3v) is 8.17. The summed E-state index contributed by atoms with van der Waals surface area (Å²) in [5.74, 6) is 0.682. The van der Waals surface area contributed by atoms with Gasteiger partial charge < -0.3 is 19.2 Å². The van der Waals surface area contributed by atoms with E-state index in [2.05, 4.69) is 10.2 Å². The molecule has 10 heteroatoms. The van der Waals surface area contributed by atoms with E-state index >= 15 is 0 Å². The lowest BCUT2D eigenvalue weighted by atomic mass is 10.0. The van der Waals surface area contributed by atoms with Gasteiger partial charge in [0.15, 0.2) is 17.3 Å². The normalized spacial score (nSPS) is 15.3. The molecule has 1 amide bonds. The minimum absolute atomic E-state index is 0.0341. The number of sulfone groups is 1. The molecule has 1 fully saturated rings.